The standard InChI is InChI=1S/C13H13BrOS/c1-13-7-3-6-10(15)12(13)16-11-8(13)4-2-5-9(11)14/h2,4-5,12H,3,6-7H2,1H3/t12-,13-/m0/s1. The average molecular weight is 297 g/mol. The van der Waals surface area contributed by atoms with Crippen LogP contribution in [-0.2, 0) is 10.2 Å². The van der Waals surface area contributed by atoms with Gasteiger partial charge in [-0.25, -0.2) is 0 Å². The van der Waals surface area contributed by atoms with Crippen molar-refractivity contribution in [3.63, 3.8) is 0 Å². The Kier molecular flexibility index (Phi) is 2.44. The maximum absolute atomic E-state index is 12.0. The first-order valence-corrected chi connectivity index (χ1v) is 7.28. The summed E-state index contributed by atoms with van der Waals surface area (Å²) in [5.74, 6) is 0.432. The van der Waals surface area contributed by atoms with E-state index in [-0.39, 0.29) is 10.7 Å². The van der Waals surface area contributed by atoms with Crippen LogP contribution in [0.3, 0.4) is 0 Å². The maximum atomic E-state index is 12.0. The highest BCUT2D eigenvalue weighted by atomic mass is 79.9. The smallest absolute Gasteiger partial charge is 0.147 e. The normalized spacial score (nSPS) is 32.4. The maximum Gasteiger partial charge on any atom is 0.147 e. The molecule has 2 aliphatic rings. The number of rotatable bonds is 0. The van der Waals surface area contributed by atoms with Crippen LogP contribution in [0.15, 0.2) is 27.6 Å². The van der Waals surface area contributed by atoms with E-state index >= 15 is 0 Å². The third kappa shape index (κ3) is 1.34. The van der Waals surface area contributed by atoms with Gasteiger partial charge in [0.1, 0.15) is 5.78 Å². The van der Waals surface area contributed by atoms with E-state index in [0.717, 1.165) is 23.7 Å². The van der Waals surface area contributed by atoms with E-state index in [2.05, 4.69) is 41.1 Å². The molecule has 0 spiro atoms. The van der Waals surface area contributed by atoms with Gasteiger partial charge in [0, 0.05) is 21.2 Å². The van der Waals surface area contributed by atoms with Crippen molar-refractivity contribution in [1.82, 2.24) is 0 Å². The van der Waals surface area contributed by atoms with Crippen LogP contribution >= 0.6 is 27.7 Å². The molecule has 1 aliphatic carbocycles. The lowest BCUT2D eigenvalue weighted by molar-refractivity contribution is -0.121. The van der Waals surface area contributed by atoms with Crippen LogP contribution in [0.4, 0.5) is 0 Å². The van der Waals surface area contributed by atoms with Gasteiger partial charge in [0.05, 0.1) is 5.25 Å². The fourth-order valence-corrected chi connectivity index (χ4v) is 5.16. The molecule has 3 rings (SSSR count). The highest BCUT2D eigenvalue weighted by Crippen LogP contribution is 2.56. The van der Waals surface area contributed by atoms with E-state index in [1.807, 2.05) is 0 Å². The molecule has 0 N–H and O–H groups in total. The number of hydrogen-bond acceptors (Lipinski definition) is 2. The Morgan fingerprint density at radius 2 is 2.31 bits per heavy atom. The van der Waals surface area contributed by atoms with Gasteiger partial charge in [0.15, 0.2) is 0 Å². The largest absolute Gasteiger partial charge is 0.298 e. The number of halogens is 1. The zero-order chi connectivity index (χ0) is 11.3. The van der Waals surface area contributed by atoms with Crippen molar-refractivity contribution in [2.45, 2.75) is 41.7 Å². The van der Waals surface area contributed by atoms with Crippen LogP contribution in [0.5, 0.6) is 0 Å². The Hall–Kier alpha value is -0.280. The predicted octanol–water partition coefficient (Wildman–Crippen LogP) is 3.93. The lowest BCUT2D eigenvalue weighted by Crippen LogP contribution is -2.40. The minimum Gasteiger partial charge on any atom is -0.298 e. The molecule has 0 bridgehead atoms. The Bertz CT molecular complexity index is 471. The van der Waals surface area contributed by atoms with Crippen LogP contribution in [0.1, 0.15) is 31.7 Å². The summed E-state index contributed by atoms with van der Waals surface area (Å²) in [6.07, 6.45) is 2.94. The van der Waals surface area contributed by atoms with Crippen LogP contribution in [0.2, 0.25) is 0 Å². The number of carbonyl (C=O) groups excluding carboxylic acids is 1. The monoisotopic (exact) mass is 296 g/mol. The zero-order valence-corrected chi connectivity index (χ0v) is 11.5. The molecule has 0 saturated heterocycles. The first kappa shape index (κ1) is 10.8. The lowest BCUT2D eigenvalue weighted by atomic mass is 9.70. The van der Waals surface area contributed by atoms with Crippen LogP contribution < -0.4 is 0 Å². The van der Waals surface area contributed by atoms with Gasteiger partial charge >= 0.3 is 0 Å². The molecular formula is C13H13BrOS. The van der Waals surface area contributed by atoms with Crippen molar-refractivity contribution in [3.8, 4) is 0 Å². The molecule has 1 aromatic carbocycles. The molecule has 1 heterocycles. The number of Topliss-reactive ketones (excluding diaryl/α,β-unsaturated/α-hetero) is 1. The summed E-state index contributed by atoms with van der Waals surface area (Å²) < 4.78 is 1.14. The summed E-state index contributed by atoms with van der Waals surface area (Å²) in [6, 6.07) is 6.33. The molecule has 2 atom stereocenters. The van der Waals surface area contributed by atoms with Crippen molar-refractivity contribution in [3.05, 3.63) is 28.2 Å². The van der Waals surface area contributed by atoms with E-state index in [1.54, 1.807) is 11.8 Å². The highest BCUT2D eigenvalue weighted by Gasteiger charge is 2.49. The minimum absolute atomic E-state index is 0.0686. The molecule has 1 nitrogen and oxygen atoms in total. The Morgan fingerprint density at radius 1 is 1.50 bits per heavy atom. The number of hydrogen-bond donors (Lipinski definition) is 0. The summed E-state index contributed by atoms with van der Waals surface area (Å²) in [4.78, 5) is 13.3. The third-order valence-corrected chi connectivity index (χ3v) is 6.43. The van der Waals surface area contributed by atoms with E-state index in [0.29, 0.717) is 5.78 Å². The van der Waals surface area contributed by atoms with Gasteiger partial charge in [-0.05, 0) is 40.4 Å². The van der Waals surface area contributed by atoms with Gasteiger partial charge in [0.25, 0.3) is 0 Å². The second kappa shape index (κ2) is 3.61. The van der Waals surface area contributed by atoms with Crippen molar-refractivity contribution in [2.24, 2.45) is 0 Å². The second-order valence-electron chi connectivity index (χ2n) is 4.85. The molecule has 16 heavy (non-hydrogen) atoms. The summed E-state index contributed by atoms with van der Waals surface area (Å²) in [5.41, 5.74) is 1.43. The fourth-order valence-electron chi connectivity index (χ4n) is 2.92. The van der Waals surface area contributed by atoms with Crippen molar-refractivity contribution >= 4 is 33.5 Å². The van der Waals surface area contributed by atoms with Crippen molar-refractivity contribution < 1.29 is 4.79 Å². The molecule has 1 fully saturated rings. The van der Waals surface area contributed by atoms with Crippen LogP contribution in [0.25, 0.3) is 0 Å². The summed E-state index contributed by atoms with van der Waals surface area (Å²) in [6.45, 7) is 2.25. The second-order valence-corrected chi connectivity index (χ2v) is 6.82. The van der Waals surface area contributed by atoms with E-state index in [9.17, 15) is 4.79 Å². The van der Waals surface area contributed by atoms with Crippen LogP contribution in [0, 0.1) is 0 Å². The number of fused-ring (bicyclic) bond motifs is 3. The van der Waals surface area contributed by atoms with Gasteiger partial charge in [-0.3, -0.25) is 4.79 Å². The molecule has 0 radical (unpaired) electrons. The topological polar surface area (TPSA) is 17.1 Å². The van der Waals surface area contributed by atoms with Crippen molar-refractivity contribution in [2.75, 3.05) is 0 Å². The number of carbonyl (C=O) groups is 1. The van der Waals surface area contributed by atoms with Gasteiger partial charge < -0.3 is 0 Å². The molecule has 1 aliphatic heterocycles. The fraction of sp³-hybridized carbons (Fsp3) is 0.462. The first-order valence-electron chi connectivity index (χ1n) is 5.61. The third-order valence-electron chi connectivity index (χ3n) is 3.81. The molecule has 0 aromatic heterocycles. The Balaban J connectivity index is 2.17. The highest BCUT2D eigenvalue weighted by molar-refractivity contribution is 9.10. The molecule has 84 valence electrons. The van der Waals surface area contributed by atoms with E-state index in [4.69, 9.17) is 0 Å². The molecule has 3 heteroatoms. The molecule has 1 aromatic rings. The van der Waals surface area contributed by atoms with Gasteiger partial charge in [0.2, 0.25) is 0 Å². The molecule has 1 saturated carbocycles. The van der Waals surface area contributed by atoms with Crippen LogP contribution in [-0.4, -0.2) is 11.0 Å². The lowest BCUT2D eigenvalue weighted by Gasteiger charge is -2.34. The van der Waals surface area contributed by atoms with Gasteiger partial charge in [-0.2, -0.15) is 0 Å². The summed E-state index contributed by atoms with van der Waals surface area (Å²) >= 11 is 5.35. The SMILES string of the molecule is C[C@@]12CCCC(=O)[C@@H]1Sc1c(Br)cccc12. The first-order chi connectivity index (χ1) is 7.63. The average Bonchev–Trinajstić information content (AvgIpc) is 2.55. The summed E-state index contributed by atoms with van der Waals surface area (Å²) in [5, 5.41) is 0.148. The minimum atomic E-state index is 0.0686. The zero-order valence-electron chi connectivity index (χ0n) is 9.13. The molecule has 0 amide bonds. The Labute approximate surface area is 108 Å². The van der Waals surface area contributed by atoms with E-state index in [1.165, 1.54) is 10.5 Å². The van der Waals surface area contributed by atoms with Gasteiger partial charge in [-0.15, -0.1) is 11.8 Å². The quantitative estimate of drug-likeness (QED) is 0.721. The van der Waals surface area contributed by atoms with Crippen molar-refractivity contribution in [1.29, 1.82) is 0 Å². The van der Waals surface area contributed by atoms with Gasteiger partial charge in [-0.1, -0.05) is 19.1 Å². The number of thioether (sulfide) groups is 1. The molecular weight excluding hydrogens is 284 g/mol. The molecule has 0 unspecified atom stereocenters. The predicted molar refractivity (Wildman–Crippen MR) is 70.0 cm³/mol. The number of benzene rings is 1. The Morgan fingerprint density at radius 3 is 3.12 bits per heavy atom. The van der Waals surface area contributed by atoms with E-state index < -0.39 is 0 Å². The number of ketones is 1. The summed E-state index contributed by atoms with van der Waals surface area (Å²) in [7, 11) is 0.